The molecule has 3 atom stereocenters. The van der Waals surface area contributed by atoms with Crippen molar-refractivity contribution in [2.24, 2.45) is 5.41 Å². The molecule has 0 aliphatic heterocycles. The van der Waals surface area contributed by atoms with Gasteiger partial charge in [-0.3, -0.25) is 9.59 Å². The molecule has 2 aliphatic carbocycles. The van der Waals surface area contributed by atoms with Crippen molar-refractivity contribution in [1.29, 1.82) is 0 Å². The van der Waals surface area contributed by atoms with E-state index in [2.05, 4.69) is 0 Å². The first-order valence-electron chi connectivity index (χ1n) is 6.82. The summed E-state index contributed by atoms with van der Waals surface area (Å²) in [6.07, 6.45) is 1.63. The van der Waals surface area contributed by atoms with Crippen molar-refractivity contribution in [3.8, 4) is 0 Å². The molecule has 0 spiro atoms. The van der Waals surface area contributed by atoms with Gasteiger partial charge in [-0.2, -0.15) is 0 Å². The minimum atomic E-state index is -1.21. The molecule has 0 radical (unpaired) electrons. The van der Waals surface area contributed by atoms with Gasteiger partial charge < -0.3 is 5.11 Å². The zero-order chi connectivity index (χ0) is 13.7. The van der Waals surface area contributed by atoms with Gasteiger partial charge in [-0.15, -0.1) is 0 Å². The number of Topliss-reactive ketones (excluding diaryl/α,β-unsaturated/α-hetero) is 2. The van der Waals surface area contributed by atoms with Crippen LogP contribution in [0.15, 0.2) is 30.3 Å². The maximum absolute atomic E-state index is 12.3. The first-order chi connectivity index (χ1) is 8.99. The summed E-state index contributed by atoms with van der Waals surface area (Å²) in [5.74, 6) is -0.400. The van der Waals surface area contributed by atoms with Crippen LogP contribution in [-0.2, 0) is 9.59 Å². The zero-order valence-electron chi connectivity index (χ0n) is 11.1. The SMILES string of the molecule is C[C@]12CCC(=O)[C@@H](c3ccccc3)[C@@]1(O)CCC2=O. The Morgan fingerprint density at radius 2 is 1.79 bits per heavy atom. The van der Waals surface area contributed by atoms with Crippen LogP contribution >= 0.6 is 0 Å². The van der Waals surface area contributed by atoms with E-state index in [4.69, 9.17) is 0 Å². The maximum atomic E-state index is 12.3. The van der Waals surface area contributed by atoms with Crippen LogP contribution in [0, 0.1) is 5.41 Å². The van der Waals surface area contributed by atoms with E-state index in [9.17, 15) is 14.7 Å². The van der Waals surface area contributed by atoms with Crippen LogP contribution < -0.4 is 0 Å². The number of ketones is 2. The molecule has 3 rings (SSSR count). The van der Waals surface area contributed by atoms with Gasteiger partial charge in [0.2, 0.25) is 0 Å². The van der Waals surface area contributed by atoms with Crippen molar-refractivity contribution in [2.45, 2.75) is 44.1 Å². The highest BCUT2D eigenvalue weighted by Crippen LogP contribution is 2.57. The zero-order valence-corrected chi connectivity index (χ0v) is 11.1. The van der Waals surface area contributed by atoms with Gasteiger partial charge in [0.25, 0.3) is 0 Å². The lowest BCUT2D eigenvalue weighted by atomic mass is 9.59. The van der Waals surface area contributed by atoms with Crippen molar-refractivity contribution in [2.75, 3.05) is 0 Å². The molecule has 0 heterocycles. The highest BCUT2D eigenvalue weighted by Gasteiger charge is 2.64. The van der Waals surface area contributed by atoms with Crippen LogP contribution in [0.4, 0.5) is 0 Å². The van der Waals surface area contributed by atoms with Gasteiger partial charge in [0.1, 0.15) is 11.6 Å². The predicted octanol–water partition coefficient (Wildman–Crippen LogP) is 2.23. The molecule has 1 N–H and O–H groups in total. The molecule has 100 valence electrons. The number of aliphatic hydroxyl groups is 1. The van der Waals surface area contributed by atoms with E-state index < -0.39 is 16.9 Å². The molecule has 0 unspecified atom stereocenters. The van der Waals surface area contributed by atoms with Crippen molar-refractivity contribution in [3.05, 3.63) is 35.9 Å². The Morgan fingerprint density at radius 3 is 2.47 bits per heavy atom. The predicted molar refractivity (Wildman–Crippen MR) is 70.7 cm³/mol. The summed E-state index contributed by atoms with van der Waals surface area (Å²) in [4.78, 5) is 24.5. The van der Waals surface area contributed by atoms with Crippen LogP contribution in [-0.4, -0.2) is 22.3 Å². The molecule has 0 amide bonds. The Balaban J connectivity index is 2.12. The van der Waals surface area contributed by atoms with Gasteiger partial charge in [-0.05, 0) is 25.3 Å². The highest BCUT2D eigenvalue weighted by molar-refractivity contribution is 5.96. The van der Waals surface area contributed by atoms with Gasteiger partial charge in [0.05, 0.1) is 16.9 Å². The van der Waals surface area contributed by atoms with Crippen molar-refractivity contribution in [1.82, 2.24) is 0 Å². The topological polar surface area (TPSA) is 54.4 Å². The molecule has 2 aliphatic rings. The minimum Gasteiger partial charge on any atom is -0.388 e. The van der Waals surface area contributed by atoms with Crippen molar-refractivity contribution in [3.63, 3.8) is 0 Å². The Bertz CT molecular complexity index is 536. The number of carbonyl (C=O) groups excluding carboxylic acids is 2. The summed E-state index contributed by atoms with van der Waals surface area (Å²) in [6, 6.07) is 9.37. The second kappa shape index (κ2) is 4.01. The van der Waals surface area contributed by atoms with Gasteiger partial charge >= 0.3 is 0 Å². The van der Waals surface area contributed by atoms with Crippen LogP contribution in [0.3, 0.4) is 0 Å². The molecule has 2 saturated carbocycles. The smallest absolute Gasteiger partial charge is 0.143 e. The van der Waals surface area contributed by atoms with Crippen LogP contribution in [0.25, 0.3) is 0 Å². The maximum Gasteiger partial charge on any atom is 0.143 e. The van der Waals surface area contributed by atoms with Crippen molar-refractivity contribution < 1.29 is 14.7 Å². The molecule has 1 aromatic rings. The van der Waals surface area contributed by atoms with E-state index in [1.807, 2.05) is 37.3 Å². The monoisotopic (exact) mass is 258 g/mol. The van der Waals surface area contributed by atoms with E-state index in [1.165, 1.54) is 0 Å². The Morgan fingerprint density at radius 1 is 1.11 bits per heavy atom. The normalized spacial score (nSPS) is 38.3. The fourth-order valence-corrected chi connectivity index (χ4v) is 3.81. The molecule has 19 heavy (non-hydrogen) atoms. The van der Waals surface area contributed by atoms with Crippen LogP contribution in [0.1, 0.15) is 44.1 Å². The van der Waals surface area contributed by atoms with Crippen molar-refractivity contribution >= 4 is 11.6 Å². The molecule has 2 fully saturated rings. The fraction of sp³-hybridized carbons (Fsp3) is 0.500. The molecular formula is C16H18O3. The Hall–Kier alpha value is -1.48. The van der Waals surface area contributed by atoms with Crippen LogP contribution in [0.2, 0.25) is 0 Å². The fourth-order valence-electron chi connectivity index (χ4n) is 3.81. The number of rotatable bonds is 1. The average molecular weight is 258 g/mol. The third-order valence-electron chi connectivity index (χ3n) is 5.11. The molecule has 0 aromatic heterocycles. The highest BCUT2D eigenvalue weighted by atomic mass is 16.3. The minimum absolute atomic E-state index is 0.0564. The number of carbonyl (C=O) groups is 2. The third-order valence-corrected chi connectivity index (χ3v) is 5.11. The first-order valence-corrected chi connectivity index (χ1v) is 6.82. The average Bonchev–Trinajstić information content (AvgIpc) is 2.64. The molecule has 0 bridgehead atoms. The second-order valence-electron chi connectivity index (χ2n) is 5.99. The summed E-state index contributed by atoms with van der Waals surface area (Å²) in [6.45, 7) is 1.82. The van der Waals surface area contributed by atoms with E-state index in [1.54, 1.807) is 0 Å². The summed E-state index contributed by atoms with van der Waals surface area (Å²) in [7, 11) is 0. The quantitative estimate of drug-likeness (QED) is 0.840. The summed E-state index contributed by atoms with van der Waals surface area (Å²) < 4.78 is 0. The number of hydrogen-bond donors (Lipinski definition) is 1. The molecule has 3 heteroatoms. The number of fused-ring (bicyclic) bond motifs is 1. The summed E-state index contributed by atoms with van der Waals surface area (Å²) in [5, 5.41) is 11.1. The van der Waals surface area contributed by atoms with Gasteiger partial charge in [-0.25, -0.2) is 0 Å². The van der Waals surface area contributed by atoms with Gasteiger partial charge in [0.15, 0.2) is 0 Å². The standard InChI is InChI=1S/C16H18O3/c1-15-9-7-12(17)14(11-5-3-2-4-6-11)16(15,19)10-8-13(15)18/h2-6,14,19H,7-10H2,1H3/t14-,15-,16+/m1/s1. The molecule has 1 aromatic carbocycles. The lowest BCUT2D eigenvalue weighted by Gasteiger charge is -2.47. The van der Waals surface area contributed by atoms with E-state index in [-0.39, 0.29) is 11.6 Å². The number of hydrogen-bond acceptors (Lipinski definition) is 3. The van der Waals surface area contributed by atoms with E-state index >= 15 is 0 Å². The number of benzene rings is 1. The van der Waals surface area contributed by atoms with E-state index in [0.717, 1.165) is 5.56 Å². The van der Waals surface area contributed by atoms with Crippen LogP contribution in [0.5, 0.6) is 0 Å². The summed E-state index contributed by atoms with van der Waals surface area (Å²) in [5.41, 5.74) is -1.14. The van der Waals surface area contributed by atoms with E-state index in [0.29, 0.717) is 25.7 Å². The second-order valence-corrected chi connectivity index (χ2v) is 5.99. The molecular weight excluding hydrogens is 240 g/mol. The lowest BCUT2D eigenvalue weighted by Crippen LogP contribution is -2.55. The molecule has 0 saturated heterocycles. The largest absolute Gasteiger partial charge is 0.388 e. The summed E-state index contributed by atoms with van der Waals surface area (Å²) >= 11 is 0. The molecule has 3 nitrogen and oxygen atoms in total. The lowest BCUT2D eigenvalue weighted by molar-refractivity contribution is -0.153. The Labute approximate surface area is 112 Å². The third kappa shape index (κ3) is 1.54. The first kappa shape index (κ1) is 12.5. The Kier molecular flexibility index (Phi) is 2.65. The van der Waals surface area contributed by atoms with Gasteiger partial charge in [0, 0.05) is 12.8 Å². The van der Waals surface area contributed by atoms with Gasteiger partial charge in [-0.1, -0.05) is 30.3 Å².